The van der Waals surface area contributed by atoms with E-state index in [1.807, 2.05) is 12.1 Å². The summed E-state index contributed by atoms with van der Waals surface area (Å²) in [5.74, 6) is 0.677. The van der Waals surface area contributed by atoms with E-state index in [0.717, 1.165) is 29.8 Å². The Kier molecular flexibility index (Phi) is 3.75. The lowest BCUT2D eigenvalue weighted by Crippen LogP contribution is -2.17. The molecule has 110 valence electrons. The van der Waals surface area contributed by atoms with Gasteiger partial charge >= 0.3 is 0 Å². The quantitative estimate of drug-likeness (QED) is 0.751. The van der Waals surface area contributed by atoms with Crippen molar-refractivity contribution >= 4 is 22.8 Å². The van der Waals surface area contributed by atoms with Gasteiger partial charge in [0.2, 0.25) is 0 Å². The van der Waals surface area contributed by atoms with Crippen molar-refractivity contribution in [2.24, 2.45) is 11.7 Å². The smallest absolute Gasteiger partial charge is 0.0888 e. The van der Waals surface area contributed by atoms with Gasteiger partial charge in [0.25, 0.3) is 0 Å². The summed E-state index contributed by atoms with van der Waals surface area (Å²) in [5, 5.41) is 10.8. The van der Waals surface area contributed by atoms with Crippen molar-refractivity contribution in [2.75, 3.05) is 6.54 Å². The summed E-state index contributed by atoms with van der Waals surface area (Å²) in [6.45, 7) is 4.34. The minimum atomic E-state index is 0.617. The highest BCUT2D eigenvalue weighted by molar-refractivity contribution is 6.07. The summed E-state index contributed by atoms with van der Waals surface area (Å²) in [6.07, 6.45) is 5.97. The molecule has 2 atom stereocenters. The first-order valence-corrected chi connectivity index (χ1v) is 7.33. The second kappa shape index (κ2) is 5.69. The van der Waals surface area contributed by atoms with E-state index >= 15 is 0 Å². The van der Waals surface area contributed by atoms with Crippen LogP contribution in [0.3, 0.4) is 0 Å². The van der Waals surface area contributed by atoms with E-state index in [9.17, 15) is 0 Å². The molecule has 0 amide bonds. The van der Waals surface area contributed by atoms with Gasteiger partial charge in [0.1, 0.15) is 0 Å². The van der Waals surface area contributed by atoms with Crippen LogP contribution in [0.15, 0.2) is 30.6 Å². The molecule has 4 N–H and O–H groups in total. The second-order valence-corrected chi connectivity index (χ2v) is 5.75. The molecule has 21 heavy (non-hydrogen) atoms. The van der Waals surface area contributed by atoms with Crippen LogP contribution in [-0.2, 0) is 6.54 Å². The van der Waals surface area contributed by atoms with Crippen molar-refractivity contribution in [1.82, 2.24) is 14.9 Å². The van der Waals surface area contributed by atoms with E-state index in [1.54, 1.807) is 0 Å². The van der Waals surface area contributed by atoms with E-state index in [2.05, 4.69) is 34.1 Å². The highest BCUT2D eigenvalue weighted by Gasteiger charge is 2.21. The second-order valence-electron chi connectivity index (χ2n) is 5.75. The SMILES string of the molecule is CC1CC(Cn2ccc3nc(C(C=N)=CN)ccc32)CN1. The van der Waals surface area contributed by atoms with Gasteiger partial charge in [-0.05, 0) is 44.0 Å². The molecule has 0 spiro atoms. The standard InChI is InChI=1S/C16H21N5/c1-11-6-12(9-19-11)10-21-5-4-15-16(21)3-2-14(20-15)13(7-17)8-18/h2-5,7-8,11-12,17,19H,6,9-10,18H2,1H3. The Morgan fingerprint density at radius 2 is 2.38 bits per heavy atom. The van der Waals surface area contributed by atoms with Crippen molar-refractivity contribution in [3.63, 3.8) is 0 Å². The van der Waals surface area contributed by atoms with Crippen molar-refractivity contribution in [1.29, 1.82) is 5.41 Å². The van der Waals surface area contributed by atoms with Gasteiger partial charge < -0.3 is 21.0 Å². The Bertz CT molecular complexity index is 685. The van der Waals surface area contributed by atoms with Crippen LogP contribution in [0.5, 0.6) is 0 Å². The molecule has 2 aromatic heterocycles. The molecule has 1 fully saturated rings. The van der Waals surface area contributed by atoms with Crippen molar-refractivity contribution in [3.05, 3.63) is 36.3 Å². The molecule has 1 saturated heterocycles. The van der Waals surface area contributed by atoms with Crippen LogP contribution in [-0.4, -0.2) is 28.4 Å². The van der Waals surface area contributed by atoms with Gasteiger partial charge in [-0.2, -0.15) is 0 Å². The first kappa shape index (κ1) is 13.8. The first-order valence-electron chi connectivity index (χ1n) is 7.33. The van der Waals surface area contributed by atoms with Crippen molar-refractivity contribution < 1.29 is 0 Å². The highest BCUT2D eigenvalue weighted by atomic mass is 15.0. The van der Waals surface area contributed by atoms with Gasteiger partial charge in [-0.15, -0.1) is 0 Å². The van der Waals surface area contributed by atoms with Crippen LogP contribution in [0.4, 0.5) is 0 Å². The summed E-state index contributed by atoms with van der Waals surface area (Å²) in [5.41, 5.74) is 8.99. The Balaban J connectivity index is 1.87. The number of allylic oxidation sites excluding steroid dienone is 1. The normalized spacial score (nSPS) is 22.8. The number of nitrogens with zero attached hydrogens (tertiary/aromatic N) is 2. The lowest BCUT2D eigenvalue weighted by atomic mass is 10.1. The predicted octanol–water partition coefficient (Wildman–Crippen LogP) is 1.98. The zero-order valence-electron chi connectivity index (χ0n) is 12.2. The fraction of sp³-hybridized carbons (Fsp3) is 0.375. The Hall–Kier alpha value is -2.14. The summed E-state index contributed by atoms with van der Waals surface area (Å²) in [4.78, 5) is 4.59. The molecule has 2 unspecified atom stereocenters. The predicted molar refractivity (Wildman–Crippen MR) is 86.3 cm³/mol. The lowest BCUT2D eigenvalue weighted by molar-refractivity contribution is 0.483. The summed E-state index contributed by atoms with van der Waals surface area (Å²) in [7, 11) is 0. The van der Waals surface area contributed by atoms with Crippen molar-refractivity contribution in [3.8, 4) is 0 Å². The molecular weight excluding hydrogens is 262 g/mol. The maximum Gasteiger partial charge on any atom is 0.0888 e. The fourth-order valence-electron chi connectivity index (χ4n) is 3.05. The third-order valence-electron chi connectivity index (χ3n) is 4.15. The molecule has 1 aliphatic heterocycles. The third kappa shape index (κ3) is 2.69. The molecule has 5 nitrogen and oxygen atoms in total. The average molecular weight is 283 g/mol. The van der Waals surface area contributed by atoms with Gasteiger partial charge in [0.15, 0.2) is 0 Å². The number of hydrogen-bond acceptors (Lipinski definition) is 4. The van der Waals surface area contributed by atoms with Gasteiger partial charge in [-0.25, -0.2) is 4.98 Å². The fourth-order valence-corrected chi connectivity index (χ4v) is 3.05. The minimum absolute atomic E-state index is 0.617. The van der Waals surface area contributed by atoms with Gasteiger partial charge in [0.05, 0.1) is 16.7 Å². The van der Waals surface area contributed by atoms with E-state index in [4.69, 9.17) is 11.1 Å². The molecule has 3 heterocycles. The van der Waals surface area contributed by atoms with E-state index < -0.39 is 0 Å². The topological polar surface area (TPSA) is 79.7 Å². The molecule has 0 bridgehead atoms. The lowest BCUT2D eigenvalue weighted by Gasteiger charge is -2.11. The number of nitrogens with two attached hydrogens (primary N) is 1. The Labute approximate surface area is 124 Å². The molecule has 3 rings (SSSR count). The van der Waals surface area contributed by atoms with Crippen LogP contribution >= 0.6 is 0 Å². The summed E-state index contributed by atoms with van der Waals surface area (Å²) >= 11 is 0. The molecular formula is C16H21N5. The number of aromatic nitrogens is 2. The highest BCUT2D eigenvalue weighted by Crippen LogP contribution is 2.21. The zero-order chi connectivity index (χ0) is 14.8. The van der Waals surface area contributed by atoms with Crippen LogP contribution in [0, 0.1) is 11.3 Å². The third-order valence-corrected chi connectivity index (χ3v) is 4.15. The maximum absolute atomic E-state index is 7.35. The first-order chi connectivity index (χ1) is 10.2. The molecule has 0 aliphatic carbocycles. The van der Waals surface area contributed by atoms with E-state index in [-0.39, 0.29) is 0 Å². The molecule has 0 aromatic carbocycles. The number of hydrogen-bond donors (Lipinski definition) is 3. The Morgan fingerprint density at radius 3 is 3.05 bits per heavy atom. The Morgan fingerprint density at radius 1 is 1.52 bits per heavy atom. The summed E-state index contributed by atoms with van der Waals surface area (Å²) in [6, 6.07) is 6.64. The van der Waals surface area contributed by atoms with Crippen molar-refractivity contribution in [2.45, 2.75) is 25.9 Å². The van der Waals surface area contributed by atoms with Gasteiger partial charge in [0, 0.05) is 36.8 Å². The zero-order valence-corrected chi connectivity index (χ0v) is 12.2. The van der Waals surface area contributed by atoms with Crippen LogP contribution in [0.1, 0.15) is 19.0 Å². The monoisotopic (exact) mass is 283 g/mol. The van der Waals surface area contributed by atoms with Gasteiger partial charge in [-0.3, -0.25) is 0 Å². The van der Waals surface area contributed by atoms with Crippen LogP contribution in [0.25, 0.3) is 16.6 Å². The van der Waals surface area contributed by atoms with E-state index in [1.165, 1.54) is 18.8 Å². The summed E-state index contributed by atoms with van der Waals surface area (Å²) < 4.78 is 2.27. The molecule has 0 saturated carbocycles. The molecule has 1 aliphatic rings. The average Bonchev–Trinajstić information content (AvgIpc) is 3.07. The maximum atomic E-state index is 7.35. The largest absolute Gasteiger partial charge is 0.404 e. The van der Waals surface area contributed by atoms with Crippen LogP contribution < -0.4 is 11.1 Å². The van der Waals surface area contributed by atoms with Gasteiger partial charge in [-0.1, -0.05) is 0 Å². The van der Waals surface area contributed by atoms with Crippen LogP contribution in [0.2, 0.25) is 0 Å². The molecule has 0 radical (unpaired) electrons. The molecule has 5 heteroatoms. The number of fused-ring (bicyclic) bond motifs is 1. The number of pyridine rings is 1. The minimum Gasteiger partial charge on any atom is -0.404 e. The number of rotatable bonds is 4. The number of nitrogens with one attached hydrogen (secondary N) is 2. The van der Waals surface area contributed by atoms with E-state index in [0.29, 0.717) is 17.5 Å². The molecule has 2 aromatic rings.